The van der Waals surface area contributed by atoms with Gasteiger partial charge in [0.2, 0.25) is 10.0 Å². The molecule has 1 aliphatic rings. The van der Waals surface area contributed by atoms with E-state index in [0.717, 1.165) is 25.7 Å². The van der Waals surface area contributed by atoms with Gasteiger partial charge >= 0.3 is 0 Å². The Morgan fingerprint density at radius 1 is 1.07 bits per heavy atom. The Kier molecular flexibility index (Phi) is 6.59. The standard InChI is InChI=1S/C20H23ClN2O4S/c1-27-18-10-9-15(20(24)22-17-8-6-7-16(21)14-17)13-19(18)28(25,26)23-11-4-2-3-5-12-23/h6-10,13-14H,2-5,11-12H2,1H3,(H,22,24). The molecule has 0 bridgehead atoms. The molecular weight excluding hydrogens is 400 g/mol. The number of amides is 1. The van der Waals surface area contributed by atoms with Crippen LogP contribution in [0.4, 0.5) is 5.69 Å². The summed E-state index contributed by atoms with van der Waals surface area (Å²) in [5.74, 6) is -0.194. The molecule has 1 N–H and O–H groups in total. The molecule has 150 valence electrons. The third-order valence-electron chi connectivity index (χ3n) is 4.69. The zero-order chi connectivity index (χ0) is 20.1. The van der Waals surface area contributed by atoms with Gasteiger partial charge in [-0.25, -0.2) is 8.42 Å². The minimum absolute atomic E-state index is 0.00986. The number of methoxy groups -OCH3 is 1. The van der Waals surface area contributed by atoms with E-state index >= 15 is 0 Å². The summed E-state index contributed by atoms with van der Waals surface area (Å²) in [4.78, 5) is 12.6. The molecule has 1 aliphatic heterocycles. The maximum atomic E-state index is 13.2. The number of carbonyl (C=O) groups is 1. The van der Waals surface area contributed by atoms with Crippen molar-refractivity contribution < 1.29 is 17.9 Å². The number of hydrogen-bond acceptors (Lipinski definition) is 4. The van der Waals surface area contributed by atoms with E-state index in [4.69, 9.17) is 16.3 Å². The maximum absolute atomic E-state index is 13.2. The zero-order valence-corrected chi connectivity index (χ0v) is 17.2. The Morgan fingerprint density at radius 2 is 1.79 bits per heavy atom. The van der Waals surface area contributed by atoms with Crippen LogP contribution in [-0.4, -0.2) is 38.8 Å². The fourth-order valence-corrected chi connectivity index (χ4v) is 5.10. The summed E-state index contributed by atoms with van der Waals surface area (Å²) < 4.78 is 33.1. The summed E-state index contributed by atoms with van der Waals surface area (Å²) in [6.07, 6.45) is 3.70. The van der Waals surface area contributed by atoms with Crippen molar-refractivity contribution in [3.8, 4) is 5.75 Å². The summed E-state index contributed by atoms with van der Waals surface area (Å²) >= 11 is 5.95. The van der Waals surface area contributed by atoms with Crippen LogP contribution in [0.1, 0.15) is 36.0 Å². The smallest absolute Gasteiger partial charge is 0.255 e. The van der Waals surface area contributed by atoms with Crippen LogP contribution in [0.2, 0.25) is 5.02 Å². The summed E-state index contributed by atoms with van der Waals surface area (Å²) in [5, 5.41) is 3.23. The predicted octanol–water partition coefficient (Wildman–Crippen LogP) is 4.17. The molecule has 8 heteroatoms. The van der Waals surface area contributed by atoms with Gasteiger partial charge < -0.3 is 10.1 Å². The normalized spacial score (nSPS) is 15.6. The molecule has 0 radical (unpaired) electrons. The molecule has 1 amide bonds. The molecular formula is C20H23ClN2O4S. The van der Waals surface area contributed by atoms with Gasteiger partial charge in [-0.3, -0.25) is 4.79 Å². The number of halogens is 1. The predicted molar refractivity (Wildman–Crippen MR) is 110 cm³/mol. The molecule has 3 rings (SSSR count). The molecule has 1 fully saturated rings. The van der Waals surface area contributed by atoms with Crippen molar-refractivity contribution in [3.05, 3.63) is 53.1 Å². The van der Waals surface area contributed by atoms with Gasteiger partial charge in [0, 0.05) is 29.4 Å². The lowest BCUT2D eigenvalue weighted by atomic mass is 10.2. The molecule has 0 aliphatic carbocycles. The average Bonchev–Trinajstić information content (AvgIpc) is 2.97. The van der Waals surface area contributed by atoms with Crippen molar-refractivity contribution in [2.75, 3.05) is 25.5 Å². The highest BCUT2D eigenvalue weighted by molar-refractivity contribution is 7.89. The first kappa shape index (κ1) is 20.6. The molecule has 0 unspecified atom stereocenters. The van der Waals surface area contributed by atoms with Gasteiger partial charge in [0.15, 0.2) is 0 Å². The van der Waals surface area contributed by atoms with Crippen LogP contribution in [0.5, 0.6) is 5.75 Å². The highest BCUT2D eigenvalue weighted by Crippen LogP contribution is 2.29. The molecule has 1 saturated heterocycles. The van der Waals surface area contributed by atoms with Crippen LogP contribution < -0.4 is 10.1 Å². The molecule has 1 heterocycles. The molecule has 6 nitrogen and oxygen atoms in total. The van der Waals surface area contributed by atoms with Gasteiger partial charge in [-0.2, -0.15) is 4.31 Å². The van der Waals surface area contributed by atoms with Crippen molar-refractivity contribution in [1.29, 1.82) is 0 Å². The molecule has 0 saturated carbocycles. The highest BCUT2D eigenvalue weighted by Gasteiger charge is 2.29. The third-order valence-corrected chi connectivity index (χ3v) is 6.85. The second-order valence-corrected chi connectivity index (χ2v) is 8.99. The van der Waals surface area contributed by atoms with E-state index in [-0.39, 0.29) is 16.2 Å². The van der Waals surface area contributed by atoms with Crippen LogP contribution in [0, 0.1) is 0 Å². The largest absolute Gasteiger partial charge is 0.495 e. The van der Waals surface area contributed by atoms with E-state index < -0.39 is 15.9 Å². The Balaban J connectivity index is 1.92. The lowest BCUT2D eigenvalue weighted by Gasteiger charge is -2.21. The summed E-state index contributed by atoms with van der Waals surface area (Å²) in [5.41, 5.74) is 0.763. The van der Waals surface area contributed by atoms with E-state index in [1.54, 1.807) is 30.3 Å². The summed E-state index contributed by atoms with van der Waals surface area (Å²) in [7, 11) is -2.34. The van der Waals surface area contributed by atoms with Crippen molar-refractivity contribution in [2.45, 2.75) is 30.6 Å². The second kappa shape index (κ2) is 8.94. The quantitative estimate of drug-likeness (QED) is 0.784. The summed E-state index contributed by atoms with van der Waals surface area (Å²) in [6.45, 7) is 0.953. The van der Waals surface area contributed by atoms with Crippen molar-refractivity contribution in [3.63, 3.8) is 0 Å². The summed E-state index contributed by atoms with van der Waals surface area (Å²) in [6, 6.07) is 11.2. The number of benzene rings is 2. The number of carbonyl (C=O) groups excluding carboxylic acids is 1. The Morgan fingerprint density at radius 3 is 2.43 bits per heavy atom. The monoisotopic (exact) mass is 422 g/mol. The Labute approximate surface area is 170 Å². The Bertz CT molecular complexity index is 954. The number of ether oxygens (including phenoxy) is 1. The topological polar surface area (TPSA) is 75.7 Å². The van der Waals surface area contributed by atoms with Crippen LogP contribution >= 0.6 is 11.6 Å². The van der Waals surface area contributed by atoms with Crippen molar-refractivity contribution in [1.82, 2.24) is 4.31 Å². The fraction of sp³-hybridized carbons (Fsp3) is 0.350. The first-order valence-electron chi connectivity index (χ1n) is 9.17. The van der Waals surface area contributed by atoms with Gasteiger partial charge in [-0.15, -0.1) is 0 Å². The lowest BCUT2D eigenvalue weighted by molar-refractivity contribution is 0.102. The number of hydrogen-bond donors (Lipinski definition) is 1. The molecule has 0 spiro atoms. The van der Waals surface area contributed by atoms with E-state index in [2.05, 4.69) is 5.32 Å². The van der Waals surface area contributed by atoms with Gasteiger partial charge in [0.25, 0.3) is 5.91 Å². The second-order valence-electron chi connectivity index (χ2n) is 6.65. The van der Waals surface area contributed by atoms with Crippen LogP contribution in [0.15, 0.2) is 47.4 Å². The third kappa shape index (κ3) is 4.66. The first-order valence-corrected chi connectivity index (χ1v) is 11.0. The fourth-order valence-electron chi connectivity index (χ4n) is 3.21. The molecule has 28 heavy (non-hydrogen) atoms. The van der Waals surface area contributed by atoms with E-state index in [1.807, 2.05) is 0 Å². The molecule has 2 aromatic carbocycles. The van der Waals surface area contributed by atoms with E-state index in [1.165, 1.54) is 23.5 Å². The maximum Gasteiger partial charge on any atom is 0.255 e. The van der Waals surface area contributed by atoms with Gasteiger partial charge in [-0.1, -0.05) is 30.5 Å². The number of anilines is 1. The van der Waals surface area contributed by atoms with E-state index in [0.29, 0.717) is 23.8 Å². The lowest BCUT2D eigenvalue weighted by Crippen LogP contribution is -2.32. The average molecular weight is 423 g/mol. The minimum Gasteiger partial charge on any atom is -0.495 e. The van der Waals surface area contributed by atoms with Crippen molar-refractivity contribution >= 4 is 33.2 Å². The molecule has 0 atom stereocenters. The Hall–Kier alpha value is -2.09. The number of rotatable bonds is 5. The van der Waals surface area contributed by atoms with Crippen LogP contribution in [0.25, 0.3) is 0 Å². The SMILES string of the molecule is COc1ccc(C(=O)Nc2cccc(Cl)c2)cc1S(=O)(=O)N1CCCCCC1. The van der Waals surface area contributed by atoms with Crippen LogP contribution in [0.3, 0.4) is 0 Å². The van der Waals surface area contributed by atoms with Crippen LogP contribution in [-0.2, 0) is 10.0 Å². The van der Waals surface area contributed by atoms with Crippen molar-refractivity contribution in [2.24, 2.45) is 0 Å². The number of nitrogens with zero attached hydrogens (tertiary/aromatic N) is 1. The highest BCUT2D eigenvalue weighted by atomic mass is 35.5. The number of sulfonamides is 1. The van der Waals surface area contributed by atoms with E-state index in [9.17, 15) is 13.2 Å². The minimum atomic E-state index is -3.76. The zero-order valence-electron chi connectivity index (χ0n) is 15.7. The molecule has 0 aromatic heterocycles. The number of nitrogens with one attached hydrogen (secondary N) is 1. The van der Waals surface area contributed by atoms with Gasteiger partial charge in [0.1, 0.15) is 10.6 Å². The molecule has 2 aromatic rings. The van der Waals surface area contributed by atoms with Gasteiger partial charge in [0.05, 0.1) is 7.11 Å². The van der Waals surface area contributed by atoms with Gasteiger partial charge in [-0.05, 0) is 49.2 Å². The first-order chi connectivity index (χ1) is 13.4.